The fourth-order valence-electron chi connectivity index (χ4n) is 3.03. The summed E-state index contributed by atoms with van der Waals surface area (Å²) in [7, 11) is 1.45. The normalized spacial score (nSPS) is 16.8. The lowest BCUT2D eigenvalue weighted by atomic mass is 9.92. The summed E-state index contributed by atoms with van der Waals surface area (Å²) < 4.78 is 45.6. The van der Waals surface area contributed by atoms with Gasteiger partial charge in [0.1, 0.15) is 12.3 Å². The number of likely N-dealkylation sites (tertiary alicyclic amines) is 1. The van der Waals surface area contributed by atoms with Gasteiger partial charge in [0.15, 0.2) is 0 Å². The van der Waals surface area contributed by atoms with E-state index < -0.39 is 11.9 Å². The van der Waals surface area contributed by atoms with Crippen molar-refractivity contribution in [3.05, 3.63) is 29.8 Å². The number of fused-ring (bicyclic) bond motifs is 1. The lowest BCUT2D eigenvalue weighted by Gasteiger charge is -2.32. The van der Waals surface area contributed by atoms with Crippen LogP contribution in [0.5, 0.6) is 0 Å². The molecule has 2 aromatic rings. The molecule has 0 aliphatic carbocycles. The number of rotatable bonds is 3. The Morgan fingerprint density at radius 2 is 2.08 bits per heavy atom. The number of hydrogen-bond donors (Lipinski definition) is 0. The van der Waals surface area contributed by atoms with Crippen LogP contribution in [0.4, 0.5) is 13.2 Å². The lowest BCUT2D eigenvalue weighted by Crippen LogP contribution is -2.40. The van der Waals surface area contributed by atoms with Crippen molar-refractivity contribution in [2.75, 3.05) is 26.8 Å². The third-order valence-corrected chi connectivity index (χ3v) is 4.23. The molecule has 1 amide bonds. The first kappa shape index (κ1) is 16.7. The Bertz CT molecular complexity index is 736. The number of imidazole rings is 1. The number of carbonyl (C=O) groups excluding carboxylic acids is 1. The molecule has 0 radical (unpaired) electrons. The van der Waals surface area contributed by atoms with Gasteiger partial charge in [-0.05, 0) is 18.9 Å². The standard InChI is InChI=1S/C15H17F3N4O2/c1-24-9-13(23)21-5-2-10(3-6-21)11-8-12(15(16,17)18)20-14-19-4-7-22(11)14/h4,7-8,10H,2-3,5-6,9H2,1H3. The summed E-state index contributed by atoms with van der Waals surface area (Å²) in [6, 6.07) is 1.09. The molecule has 0 aromatic carbocycles. The van der Waals surface area contributed by atoms with Gasteiger partial charge in [-0.3, -0.25) is 9.20 Å². The maximum atomic E-state index is 13.1. The molecule has 2 aromatic heterocycles. The number of aromatic nitrogens is 3. The van der Waals surface area contributed by atoms with E-state index >= 15 is 0 Å². The predicted molar refractivity (Wildman–Crippen MR) is 78.4 cm³/mol. The molecule has 1 saturated heterocycles. The van der Waals surface area contributed by atoms with E-state index in [0.29, 0.717) is 31.6 Å². The largest absolute Gasteiger partial charge is 0.433 e. The topological polar surface area (TPSA) is 59.7 Å². The highest BCUT2D eigenvalue weighted by molar-refractivity contribution is 5.77. The summed E-state index contributed by atoms with van der Waals surface area (Å²) in [5.41, 5.74) is -0.405. The number of methoxy groups -OCH3 is 1. The molecule has 130 valence electrons. The van der Waals surface area contributed by atoms with Crippen molar-refractivity contribution in [1.29, 1.82) is 0 Å². The van der Waals surface area contributed by atoms with E-state index in [1.54, 1.807) is 15.5 Å². The van der Waals surface area contributed by atoms with Gasteiger partial charge >= 0.3 is 6.18 Å². The second kappa shape index (κ2) is 6.39. The third-order valence-electron chi connectivity index (χ3n) is 4.23. The molecule has 24 heavy (non-hydrogen) atoms. The monoisotopic (exact) mass is 342 g/mol. The van der Waals surface area contributed by atoms with Gasteiger partial charge in [0.25, 0.3) is 0 Å². The number of carbonyl (C=O) groups is 1. The van der Waals surface area contributed by atoms with E-state index in [1.807, 2.05) is 0 Å². The average molecular weight is 342 g/mol. The molecule has 1 aliphatic rings. The Balaban J connectivity index is 1.85. The number of ether oxygens (including phenoxy) is 1. The maximum absolute atomic E-state index is 13.1. The molecule has 1 aliphatic heterocycles. The number of hydrogen-bond acceptors (Lipinski definition) is 4. The van der Waals surface area contributed by atoms with Gasteiger partial charge in [-0.2, -0.15) is 13.2 Å². The predicted octanol–water partition coefficient (Wildman–Crippen LogP) is 2.10. The van der Waals surface area contributed by atoms with Crippen LogP contribution in [0.25, 0.3) is 5.78 Å². The van der Waals surface area contributed by atoms with Gasteiger partial charge in [0.2, 0.25) is 11.7 Å². The number of amides is 1. The molecule has 0 unspecified atom stereocenters. The first-order valence-corrected chi connectivity index (χ1v) is 7.58. The minimum absolute atomic E-state index is 0.0178. The summed E-state index contributed by atoms with van der Waals surface area (Å²) in [4.78, 5) is 21.0. The van der Waals surface area contributed by atoms with Gasteiger partial charge < -0.3 is 9.64 Å². The van der Waals surface area contributed by atoms with E-state index in [9.17, 15) is 18.0 Å². The highest BCUT2D eigenvalue weighted by atomic mass is 19.4. The summed E-state index contributed by atoms with van der Waals surface area (Å²) in [5, 5.41) is 0. The van der Waals surface area contributed by atoms with Crippen LogP contribution < -0.4 is 0 Å². The zero-order chi connectivity index (χ0) is 17.3. The summed E-state index contributed by atoms with van der Waals surface area (Å²) in [5.74, 6) is -0.149. The highest BCUT2D eigenvalue weighted by Crippen LogP contribution is 2.33. The molecule has 0 spiro atoms. The minimum atomic E-state index is -4.52. The molecule has 1 fully saturated rings. The number of halogens is 3. The Morgan fingerprint density at radius 1 is 1.38 bits per heavy atom. The Labute approximate surface area is 136 Å². The molecule has 0 saturated carbocycles. The van der Waals surface area contributed by atoms with Crippen LogP contribution in [0.1, 0.15) is 30.1 Å². The van der Waals surface area contributed by atoms with Crippen LogP contribution in [0.2, 0.25) is 0 Å². The van der Waals surface area contributed by atoms with Crippen LogP contribution in [-0.4, -0.2) is 52.0 Å². The second-order valence-corrected chi connectivity index (χ2v) is 5.75. The first-order chi connectivity index (χ1) is 11.4. The lowest BCUT2D eigenvalue weighted by molar-refractivity contribution is -0.141. The van der Waals surface area contributed by atoms with Gasteiger partial charge in [-0.1, -0.05) is 0 Å². The van der Waals surface area contributed by atoms with Crippen molar-refractivity contribution >= 4 is 11.7 Å². The van der Waals surface area contributed by atoms with E-state index in [-0.39, 0.29) is 24.2 Å². The molecule has 0 bridgehead atoms. The van der Waals surface area contributed by atoms with Gasteiger partial charge in [-0.25, -0.2) is 9.97 Å². The zero-order valence-corrected chi connectivity index (χ0v) is 13.1. The number of alkyl halides is 3. The minimum Gasteiger partial charge on any atom is -0.375 e. The third kappa shape index (κ3) is 3.21. The maximum Gasteiger partial charge on any atom is 0.433 e. The Kier molecular flexibility index (Phi) is 4.44. The smallest absolute Gasteiger partial charge is 0.375 e. The van der Waals surface area contributed by atoms with Crippen molar-refractivity contribution in [1.82, 2.24) is 19.3 Å². The van der Waals surface area contributed by atoms with Crippen LogP contribution in [0, 0.1) is 0 Å². The SMILES string of the molecule is COCC(=O)N1CCC(c2cc(C(F)(F)F)nc3nccn23)CC1. The van der Waals surface area contributed by atoms with E-state index in [1.165, 1.54) is 13.3 Å². The molecule has 6 nitrogen and oxygen atoms in total. The molecular formula is C15H17F3N4O2. The molecule has 3 heterocycles. The van der Waals surface area contributed by atoms with Crippen LogP contribution in [-0.2, 0) is 15.7 Å². The fourth-order valence-corrected chi connectivity index (χ4v) is 3.03. The van der Waals surface area contributed by atoms with Gasteiger partial charge in [0.05, 0.1) is 0 Å². The van der Waals surface area contributed by atoms with E-state index in [0.717, 1.165) is 6.07 Å². The Hall–Kier alpha value is -2.16. The molecule has 0 N–H and O–H groups in total. The number of nitrogens with zero attached hydrogens (tertiary/aromatic N) is 4. The van der Waals surface area contributed by atoms with Gasteiger partial charge in [-0.15, -0.1) is 0 Å². The van der Waals surface area contributed by atoms with Crippen molar-refractivity contribution in [3.8, 4) is 0 Å². The summed E-state index contributed by atoms with van der Waals surface area (Å²) in [6.07, 6.45) is -0.296. The summed E-state index contributed by atoms with van der Waals surface area (Å²) >= 11 is 0. The van der Waals surface area contributed by atoms with Gasteiger partial charge in [0, 0.05) is 44.2 Å². The zero-order valence-electron chi connectivity index (χ0n) is 13.1. The quantitative estimate of drug-likeness (QED) is 0.857. The van der Waals surface area contributed by atoms with Crippen molar-refractivity contribution in [2.24, 2.45) is 0 Å². The first-order valence-electron chi connectivity index (χ1n) is 7.58. The van der Waals surface area contributed by atoms with E-state index in [4.69, 9.17) is 4.74 Å². The second-order valence-electron chi connectivity index (χ2n) is 5.75. The molecule has 0 atom stereocenters. The number of piperidine rings is 1. The van der Waals surface area contributed by atoms with Crippen molar-refractivity contribution < 1.29 is 22.7 Å². The summed E-state index contributed by atoms with van der Waals surface area (Å²) in [6.45, 7) is 1.00. The van der Waals surface area contributed by atoms with Crippen LogP contribution in [0.15, 0.2) is 18.5 Å². The molecule has 9 heteroatoms. The molecular weight excluding hydrogens is 325 g/mol. The fraction of sp³-hybridized carbons (Fsp3) is 0.533. The highest BCUT2D eigenvalue weighted by Gasteiger charge is 2.35. The van der Waals surface area contributed by atoms with Crippen LogP contribution >= 0.6 is 0 Å². The van der Waals surface area contributed by atoms with Crippen molar-refractivity contribution in [2.45, 2.75) is 24.9 Å². The van der Waals surface area contributed by atoms with E-state index in [2.05, 4.69) is 9.97 Å². The average Bonchev–Trinajstić information content (AvgIpc) is 3.02. The van der Waals surface area contributed by atoms with Crippen LogP contribution in [0.3, 0.4) is 0 Å². The Morgan fingerprint density at radius 3 is 2.71 bits per heavy atom. The molecule has 3 rings (SSSR count). The van der Waals surface area contributed by atoms with Crippen molar-refractivity contribution in [3.63, 3.8) is 0 Å².